The molecule has 0 aliphatic heterocycles. The molecule has 0 amide bonds. The Morgan fingerprint density at radius 2 is 2.08 bits per heavy atom. The molecule has 0 aliphatic carbocycles. The number of nitrogens with two attached hydrogens (primary N) is 1. The topological polar surface area (TPSA) is 38.0 Å². The van der Waals surface area contributed by atoms with Crippen LogP contribution in [0.3, 0.4) is 0 Å². The van der Waals surface area contributed by atoms with Gasteiger partial charge in [-0.15, -0.1) is 0 Å². The largest absolute Gasteiger partial charge is 0.376 e. The Balaban J connectivity index is 3.03. The summed E-state index contributed by atoms with van der Waals surface area (Å²) in [5.74, 6) is 0. The first kappa shape index (κ1) is 11.5. The molecule has 0 bridgehead atoms. The van der Waals surface area contributed by atoms with Crippen molar-refractivity contribution in [2.45, 2.75) is 52.1 Å². The van der Waals surface area contributed by atoms with E-state index in [4.69, 9.17) is 5.73 Å². The van der Waals surface area contributed by atoms with Crippen molar-refractivity contribution < 1.29 is 0 Å². The minimum atomic E-state index is 0.0666. The van der Waals surface area contributed by atoms with E-state index in [1.165, 1.54) is 32.1 Å². The summed E-state index contributed by atoms with van der Waals surface area (Å²) in [5.41, 5.74) is 5.49. The molecular formula is C10H22N2. The van der Waals surface area contributed by atoms with Crippen LogP contribution in [-0.2, 0) is 0 Å². The van der Waals surface area contributed by atoms with Crippen molar-refractivity contribution in [2.75, 3.05) is 0 Å². The third-order valence-corrected chi connectivity index (χ3v) is 1.70. The molecule has 0 spiro atoms. The lowest BCUT2D eigenvalue weighted by molar-refractivity contribution is 0.656. The van der Waals surface area contributed by atoms with Crippen LogP contribution < -0.4 is 11.1 Å². The molecule has 0 rings (SSSR count). The second-order valence-electron chi connectivity index (χ2n) is 3.21. The van der Waals surface area contributed by atoms with Crippen LogP contribution in [-0.4, -0.2) is 6.17 Å². The Labute approximate surface area is 76.2 Å². The van der Waals surface area contributed by atoms with Crippen LogP contribution in [0.4, 0.5) is 0 Å². The zero-order chi connectivity index (χ0) is 9.23. The SMILES string of the molecule is CCCCCCC=CNC(C)N. The van der Waals surface area contributed by atoms with Gasteiger partial charge < -0.3 is 11.1 Å². The zero-order valence-electron chi connectivity index (χ0n) is 8.34. The van der Waals surface area contributed by atoms with Gasteiger partial charge in [-0.3, -0.25) is 0 Å². The second kappa shape index (κ2) is 8.60. The highest BCUT2D eigenvalue weighted by atomic mass is 15.0. The third-order valence-electron chi connectivity index (χ3n) is 1.70. The first-order chi connectivity index (χ1) is 5.77. The molecule has 0 heterocycles. The Hall–Kier alpha value is -0.500. The van der Waals surface area contributed by atoms with E-state index in [9.17, 15) is 0 Å². The number of allylic oxidation sites excluding steroid dienone is 1. The maximum absolute atomic E-state index is 5.49. The highest BCUT2D eigenvalue weighted by Gasteiger charge is 1.85. The predicted molar refractivity (Wildman–Crippen MR) is 54.7 cm³/mol. The van der Waals surface area contributed by atoms with E-state index >= 15 is 0 Å². The maximum atomic E-state index is 5.49. The van der Waals surface area contributed by atoms with E-state index in [-0.39, 0.29) is 6.17 Å². The van der Waals surface area contributed by atoms with Crippen molar-refractivity contribution in [2.24, 2.45) is 5.73 Å². The molecule has 1 unspecified atom stereocenters. The lowest BCUT2D eigenvalue weighted by atomic mass is 10.1. The second-order valence-corrected chi connectivity index (χ2v) is 3.21. The van der Waals surface area contributed by atoms with Crippen molar-refractivity contribution in [3.05, 3.63) is 12.3 Å². The summed E-state index contributed by atoms with van der Waals surface area (Å²) in [4.78, 5) is 0. The molecule has 0 aliphatic rings. The molecule has 0 aromatic rings. The molecule has 0 saturated carbocycles. The zero-order valence-corrected chi connectivity index (χ0v) is 8.34. The van der Waals surface area contributed by atoms with Crippen LogP contribution in [0, 0.1) is 0 Å². The summed E-state index contributed by atoms with van der Waals surface area (Å²) in [6, 6.07) is 0. The minimum absolute atomic E-state index is 0.0666. The van der Waals surface area contributed by atoms with Gasteiger partial charge >= 0.3 is 0 Å². The molecular weight excluding hydrogens is 148 g/mol. The fourth-order valence-corrected chi connectivity index (χ4v) is 0.992. The van der Waals surface area contributed by atoms with Crippen molar-refractivity contribution in [3.63, 3.8) is 0 Å². The average molecular weight is 170 g/mol. The van der Waals surface area contributed by atoms with Gasteiger partial charge in [0.2, 0.25) is 0 Å². The number of rotatable bonds is 7. The van der Waals surface area contributed by atoms with Gasteiger partial charge in [-0.2, -0.15) is 0 Å². The summed E-state index contributed by atoms with van der Waals surface area (Å²) in [7, 11) is 0. The molecule has 0 aromatic carbocycles. The molecule has 0 saturated heterocycles. The summed E-state index contributed by atoms with van der Waals surface area (Å²) in [5, 5.41) is 3.03. The van der Waals surface area contributed by atoms with Gasteiger partial charge in [-0.25, -0.2) is 0 Å². The summed E-state index contributed by atoms with van der Waals surface area (Å²) in [6.07, 6.45) is 10.6. The average Bonchev–Trinajstić information content (AvgIpc) is 2.02. The molecule has 2 nitrogen and oxygen atoms in total. The summed E-state index contributed by atoms with van der Waals surface area (Å²) < 4.78 is 0. The Morgan fingerprint density at radius 1 is 1.33 bits per heavy atom. The minimum Gasteiger partial charge on any atom is -0.376 e. The molecule has 12 heavy (non-hydrogen) atoms. The van der Waals surface area contributed by atoms with E-state index in [0.717, 1.165) is 0 Å². The van der Waals surface area contributed by atoms with E-state index in [1.54, 1.807) is 0 Å². The number of hydrogen-bond donors (Lipinski definition) is 2. The van der Waals surface area contributed by atoms with Crippen LogP contribution in [0.25, 0.3) is 0 Å². The molecule has 0 radical (unpaired) electrons. The van der Waals surface area contributed by atoms with Gasteiger partial charge in [0.25, 0.3) is 0 Å². The van der Waals surface area contributed by atoms with E-state index in [0.29, 0.717) is 0 Å². The van der Waals surface area contributed by atoms with E-state index < -0.39 is 0 Å². The Kier molecular flexibility index (Phi) is 8.24. The fraction of sp³-hybridized carbons (Fsp3) is 0.800. The summed E-state index contributed by atoms with van der Waals surface area (Å²) >= 11 is 0. The van der Waals surface area contributed by atoms with Crippen LogP contribution in [0.1, 0.15) is 46.0 Å². The van der Waals surface area contributed by atoms with E-state index in [2.05, 4.69) is 18.3 Å². The molecule has 72 valence electrons. The quantitative estimate of drug-likeness (QED) is 0.455. The van der Waals surface area contributed by atoms with Crippen LogP contribution in [0.2, 0.25) is 0 Å². The monoisotopic (exact) mass is 170 g/mol. The standard InChI is InChI=1S/C10H22N2/c1-3-4-5-6-7-8-9-12-10(2)11/h8-10,12H,3-7,11H2,1-2H3. The summed E-state index contributed by atoms with van der Waals surface area (Å²) in [6.45, 7) is 4.16. The van der Waals surface area contributed by atoms with Gasteiger partial charge in [0.05, 0.1) is 6.17 Å². The first-order valence-electron chi connectivity index (χ1n) is 4.94. The Bertz CT molecular complexity index is 108. The molecule has 0 aromatic heterocycles. The number of nitrogens with one attached hydrogen (secondary N) is 1. The third kappa shape index (κ3) is 9.50. The lowest BCUT2D eigenvalue weighted by Gasteiger charge is -2.02. The molecule has 3 N–H and O–H groups in total. The van der Waals surface area contributed by atoms with Crippen LogP contribution in [0.5, 0.6) is 0 Å². The van der Waals surface area contributed by atoms with Crippen molar-refractivity contribution >= 4 is 0 Å². The van der Waals surface area contributed by atoms with Gasteiger partial charge in [0.15, 0.2) is 0 Å². The van der Waals surface area contributed by atoms with Crippen molar-refractivity contribution in [3.8, 4) is 0 Å². The maximum Gasteiger partial charge on any atom is 0.0709 e. The number of hydrogen-bond acceptors (Lipinski definition) is 2. The lowest BCUT2D eigenvalue weighted by Crippen LogP contribution is -2.29. The van der Waals surface area contributed by atoms with Crippen LogP contribution in [0.15, 0.2) is 12.3 Å². The number of unbranched alkanes of at least 4 members (excludes halogenated alkanes) is 4. The van der Waals surface area contributed by atoms with Crippen molar-refractivity contribution in [1.82, 2.24) is 5.32 Å². The predicted octanol–water partition coefficient (Wildman–Crippen LogP) is 2.36. The molecule has 1 atom stereocenters. The highest BCUT2D eigenvalue weighted by Crippen LogP contribution is 2.02. The van der Waals surface area contributed by atoms with Crippen molar-refractivity contribution in [1.29, 1.82) is 0 Å². The van der Waals surface area contributed by atoms with Crippen LogP contribution >= 0.6 is 0 Å². The first-order valence-corrected chi connectivity index (χ1v) is 4.94. The fourth-order valence-electron chi connectivity index (χ4n) is 0.992. The normalized spacial score (nSPS) is 13.6. The van der Waals surface area contributed by atoms with Gasteiger partial charge in [-0.1, -0.05) is 32.3 Å². The van der Waals surface area contributed by atoms with Gasteiger partial charge in [0.1, 0.15) is 0 Å². The van der Waals surface area contributed by atoms with E-state index in [1.807, 2.05) is 13.1 Å². The molecule has 0 fully saturated rings. The molecule has 2 heteroatoms. The van der Waals surface area contributed by atoms with Gasteiger partial charge in [0, 0.05) is 0 Å². The Morgan fingerprint density at radius 3 is 2.67 bits per heavy atom. The smallest absolute Gasteiger partial charge is 0.0709 e. The highest BCUT2D eigenvalue weighted by molar-refractivity contribution is 4.80. The van der Waals surface area contributed by atoms with Gasteiger partial charge in [-0.05, 0) is 26.0 Å².